The van der Waals surface area contributed by atoms with E-state index in [9.17, 15) is 10.1 Å². The largest absolute Gasteiger partial charge is 0.338 e. The zero-order valence-electron chi connectivity index (χ0n) is 7.35. The smallest absolute Gasteiger partial charge is 0.258 e. The highest BCUT2D eigenvalue weighted by molar-refractivity contribution is 7.81. The molecule has 1 heterocycles. The second-order valence-electron chi connectivity index (χ2n) is 3.01. The predicted octanol–water partition coefficient (Wildman–Crippen LogP) is 3.41. The molecule has 2 rings (SSSR count). The molecule has 0 aliphatic heterocycles. The number of aryl methyl sites for hydroxylation is 1. The number of hydrogen-bond acceptors (Lipinski definition) is 4. The van der Waals surface area contributed by atoms with E-state index < -0.39 is 0 Å². The molecule has 0 atom stereocenters. The summed E-state index contributed by atoms with van der Waals surface area (Å²) in [4.78, 5) is 10.7. The highest BCUT2D eigenvalue weighted by atomic mass is 32.1. The van der Waals surface area contributed by atoms with Crippen LogP contribution in [0.25, 0.3) is 10.1 Å². The van der Waals surface area contributed by atoms with Gasteiger partial charge < -0.3 is 0 Å². The molecule has 0 spiro atoms. The first-order valence-corrected chi connectivity index (χ1v) is 5.22. The monoisotopic (exact) mass is 225 g/mol. The predicted molar refractivity (Wildman–Crippen MR) is 60.5 cm³/mol. The van der Waals surface area contributed by atoms with Crippen molar-refractivity contribution < 1.29 is 4.92 Å². The van der Waals surface area contributed by atoms with E-state index in [1.54, 1.807) is 0 Å². The van der Waals surface area contributed by atoms with E-state index in [1.165, 1.54) is 11.3 Å². The van der Waals surface area contributed by atoms with E-state index in [2.05, 4.69) is 12.6 Å². The molecule has 1 aromatic heterocycles. The summed E-state index contributed by atoms with van der Waals surface area (Å²) in [5, 5.41) is 11.6. The summed E-state index contributed by atoms with van der Waals surface area (Å²) in [5.41, 5.74) is 1.08. The SMILES string of the molecule is Cc1ccc2sc([N+](=O)[O-])c(S)c2c1. The Bertz CT molecular complexity index is 519. The number of nitrogens with zero attached hydrogens (tertiary/aromatic N) is 1. The van der Waals surface area contributed by atoms with Crippen molar-refractivity contribution in [3.8, 4) is 0 Å². The number of nitro groups is 1. The second kappa shape index (κ2) is 3.25. The van der Waals surface area contributed by atoms with Gasteiger partial charge in [-0.1, -0.05) is 23.0 Å². The highest BCUT2D eigenvalue weighted by Crippen LogP contribution is 2.39. The third-order valence-electron chi connectivity index (χ3n) is 1.97. The standard InChI is InChI=1S/C9H7NO2S2/c1-5-2-3-7-6(4-5)8(13)9(14-7)10(11)12/h2-4,13H,1H3. The van der Waals surface area contributed by atoms with Crippen molar-refractivity contribution in [3.63, 3.8) is 0 Å². The maximum Gasteiger partial charge on any atom is 0.338 e. The Labute approximate surface area is 89.9 Å². The summed E-state index contributed by atoms with van der Waals surface area (Å²) in [6.07, 6.45) is 0. The van der Waals surface area contributed by atoms with E-state index in [4.69, 9.17) is 0 Å². The van der Waals surface area contributed by atoms with Crippen LogP contribution in [-0.4, -0.2) is 4.92 Å². The molecule has 0 aliphatic carbocycles. The zero-order chi connectivity index (χ0) is 10.3. The van der Waals surface area contributed by atoms with E-state index in [0.29, 0.717) is 4.90 Å². The van der Waals surface area contributed by atoms with Gasteiger partial charge in [0.1, 0.15) is 4.90 Å². The van der Waals surface area contributed by atoms with Crippen molar-refractivity contribution in [2.75, 3.05) is 0 Å². The summed E-state index contributed by atoms with van der Waals surface area (Å²) in [6, 6.07) is 5.75. The van der Waals surface area contributed by atoms with Crippen LogP contribution in [0.4, 0.5) is 5.00 Å². The minimum absolute atomic E-state index is 0.119. The van der Waals surface area contributed by atoms with Crippen molar-refractivity contribution in [1.29, 1.82) is 0 Å². The van der Waals surface area contributed by atoms with Gasteiger partial charge in [0.2, 0.25) is 0 Å². The topological polar surface area (TPSA) is 43.1 Å². The van der Waals surface area contributed by atoms with Gasteiger partial charge in [0.15, 0.2) is 0 Å². The van der Waals surface area contributed by atoms with Crippen molar-refractivity contribution in [2.24, 2.45) is 0 Å². The van der Waals surface area contributed by atoms with Gasteiger partial charge in [-0.05, 0) is 19.1 Å². The molecule has 2 aromatic rings. The quantitative estimate of drug-likeness (QED) is 0.459. The number of hydrogen-bond donors (Lipinski definition) is 1. The van der Waals surface area contributed by atoms with E-state index in [0.717, 1.165) is 15.6 Å². The Morgan fingerprint density at radius 2 is 2.21 bits per heavy atom. The van der Waals surface area contributed by atoms with Crippen LogP contribution in [0.2, 0.25) is 0 Å². The van der Waals surface area contributed by atoms with E-state index in [1.807, 2.05) is 25.1 Å². The summed E-state index contributed by atoms with van der Waals surface area (Å²) >= 11 is 5.34. The summed E-state index contributed by atoms with van der Waals surface area (Å²) in [6.45, 7) is 1.95. The van der Waals surface area contributed by atoms with Crippen molar-refractivity contribution in [2.45, 2.75) is 11.8 Å². The lowest BCUT2D eigenvalue weighted by Gasteiger charge is -1.92. The molecule has 72 valence electrons. The third kappa shape index (κ3) is 1.38. The van der Waals surface area contributed by atoms with Crippen LogP contribution in [0.3, 0.4) is 0 Å². The van der Waals surface area contributed by atoms with Crippen molar-refractivity contribution in [1.82, 2.24) is 0 Å². The summed E-state index contributed by atoms with van der Waals surface area (Å²) in [7, 11) is 0. The highest BCUT2D eigenvalue weighted by Gasteiger charge is 2.18. The molecule has 0 unspecified atom stereocenters. The average Bonchev–Trinajstić information content (AvgIpc) is 2.44. The molecule has 14 heavy (non-hydrogen) atoms. The van der Waals surface area contributed by atoms with Crippen molar-refractivity contribution >= 4 is 39.1 Å². The van der Waals surface area contributed by atoms with Gasteiger partial charge in [0.05, 0.1) is 4.92 Å². The van der Waals surface area contributed by atoms with Crippen LogP contribution < -0.4 is 0 Å². The molecule has 0 saturated heterocycles. The first-order chi connectivity index (χ1) is 6.59. The Kier molecular flexibility index (Phi) is 2.20. The minimum atomic E-state index is -0.387. The van der Waals surface area contributed by atoms with Crippen LogP contribution in [0.15, 0.2) is 23.1 Å². The Morgan fingerprint density at radius 3 is 2.86 bits per heavy atom. The summed E-state index contributed by atoms with van der Waals surface area (Å²) < 4.78 is 0.910. The van der Waals surface area contributed by atoms with Gasteiger partial charge >= 0.3 is 5.00 Å². The number of thiophene rings is 1. The molecule has 1 aromatic carbocycles. The van der Waals surface area contributed by atoms with Gasteiger partial charge in [-0.15, -0.1) is 12.6 Å². The first-order valence-electron chi connectivity index (χ1n) is 3.96. The fourth-order valence-electron chi connectivity index (χ4n) is 1.31. The third-order valence-corrected chi connectivity index (χ3v) is 3.69. The molecule has 0 aliphatic rings. The van der Waals surface area contributed by atoms with Gasteiger partial charge in [-0.3, -0.25) is 10.1 Å². The molecule has 5 heteroatoms. The molecule has 0 N–H and O–H groups in total. The maximum atomic E-state index is 10.6. The minimum Gasteiger partial charge on any atom is -0.258 e. The lowest BCUT2D eigenvalue weighted by Crippen LogP contribution is -1.83. The van der Waals surface area contributed by atoms with Gasteiger partial charge in [0.25, 0.3) is 0 Å². The Balaban J connectivity index is 2.80. The summed E-state index contributed by atoms with van der Waals surface area (Å²) in [5.74, 6) is 0. The molecule has 0 fully saturated rings. The maximum absolute atomic E-state index is 10.6. The number of thiol groups is 1. The van der Waals surface area contributed by atoms with E-state index >= 15 is 0 Å². The number of rotatable bonds is 1. The lowest BCUT2D eigenvalue weighted by molar-refractivity contribution is -0.382. The molecular formula is C9H7NO2S2. The average molecular weight is 225 g/mol. The van der Waals surface area contributed by atoms with Crippen LogP contribution in [0, 0.1) is 17.0 Å². The van der Waals surface area contributed by atoms with Crippen molar-refractivity contribution in [3.05, 3.63) is 33.9 Å². The molecule has 0 radical (unpaired) electrons. The van der Waals surface area contributed by atoms with Crippen LogP contribution in [0.1, 0.15) is 5.56 Å². The molecule has 0 amide bonds. The molecule has 0 saturated carbocycles. The van der Waals surface area contributed by atoms with Crippen LogP contribution in [-0.2, 0) is 0 Å². The Hall–Kier alpha value is -1.07. The zero-order valence-corrected chi connectivity index (χ0v) is 9.06. The number of benzene rings is 1. The lowest BCUT2D eigenvalue weighted by atomic mass is 10.2. The molecule has 3 nitrogen and oxygen atoms in total. The fraction of sp³-hybridized carbons (Fsp3) is 0.111. The van der Waals surface area contributed by atoms with Gasteiger partial charge in [-0.25, -0.2) is 0 Å². The van der Waals surface area contributed by atoms with Gasteiger partial charge in [0, 0.05) is 10.1 Å². The molecule has 0 bridgehead atoms. The Morgan fingerprint density at radius 1 is 1.50 bits per heavy atom. The fourth-order valence-corrected chi connectivity index (χ4v) is 2.69. The van der Waals surface area contributed by atoms with Crippen LogP contribution >= 0.6 is 24.0 Å². The first kappa shape index (κ1) is 9.48. The number of fused-ring (bicyclic) bond motifs is 1. The molecular weight excluding hydrogens is 218 g/mol. The normalized spacial score (nSPS) is 10.7. The second-order valence-corrected chi connectivity index (χ2v) is 4.49. The van der Waals surface area contributed by atoms with Gasteiger partial charge in [-0.2, -0.15) is 0 Å². The van der Waals surface area contributed by atoms with Crippen LogP contribution in [0.5, 0.6) is 0 Å². The van der Waals surface area contributed by atoms with E-state index in [-0.39, 0.29) is 9.92 Å².